The Morgan fingerprint density at radius 2 is 1.85 bits per heavy atom. The van der Waals surface area contributed by atoms with Gasteiger partial charge in [-0.15, -0.1) is 10.2 Å². The number of amides is 1. The quantitative estimate of drug-likeness (QED) is 0.437. The highest BCUT2D eigenvalue weighted by atomic mass is 32.2. The average molecular weight is 396 g/mol. The van der Waals surface area contributed by atoms with Crippen molar-refractivity contribution in [1.29, 1.82) is 0 Å². The number of aryl methyl sites for hydroxylation is 1. The zero-order valence-corrected chi connectivity index (χ0v) is 16.5. The van der Waals surface area contributed by atoms with Gasteiger partial charge in [0.25, 0.3) is 5.91 Å². The monoisotopic (exact) mass is 395 g/mol. The minimum absolute atomic E-state index is 0.165. The molecule has 0 aliphatic heterocycles. The van der Waals surface area contributed by atoms with Gasteiger partial charge in [-0.1, -0.05) is 59.5 Å². The Morgan fingerprint density at radius 3 is 2.59 bits per heavy atom. The first kappa shape index (κ1) is 17.8. The molecule has 0 saturated carbocycles. The normalized spacial score (nSPS) is 11.0. The van der Waals surface area contributed by atoms with E-state index in [0.29, 0.717) is 17.1 Å². The number of benzene rings is 2. The largest absolute Gasteiger partial charge is 0.451 e. The van der Waals surface area contributed by atoms with Gasteiger partial charge >= 0.3 is 0 Å². The molecule has 2 heterocycles. The Morgan fingerprint density at radius 1 is 1.11 bits per heavy atom. The fourth-order valence-corrected chi connectivity index (χ4v) is 4.65. The fraction of sp³-hybridized carbons (Fsp3) is 0.150. The van der Waals surface area contributed by atoms with Crippen molar-refractivity contribution >= 4 is 45.7 Å². The van der Waals surface area contributed by atoms with Crippen molar-refractivity contribution in [1.82, 2.24) is 10.2 Å². The van der Waals surface area contributed by atoms with Crippen molar-refractivity contribution in [3.05, 3.63) is 70.9 Å². The van der Waals surface area contributed by atoms with Gasteiger partial charge in [0.05, 0.1) is 0 Å². The van der Waals surface area contributed by atoms with Crippen LogP contribution in [0.25, 0.3) is 11.0 Å². The van der Waals surface area contributed by atoms with Gasteiger partial charge < -0.3 is 9.32 Å². The molecule has 0 aliphatic rings. The Hall–Kier alpha value is -2.64. The molecule has 0 radical (unpaired) electrons. The van der Waals surface area contributed by atoms with Crippen LogP contribution in [0.4, 0.5) is 5.69 Å². The molecular formula is C20H17N3O2S2. The second-order valence-corrected chi connectivity index (χ2v) is 8.39. The predicted molar refractivity (Wildman–Crippen MR) is 110 cm³/mol. The van der Waals surface area contributed by atoms with Gasteiger partial charge in [0.2, 0.25) is 0 Å². The first-order chi connectivity index (χ1) is 13.1. The molecule has 0 atom stereocenters. The van der Waals surface area contributed by atoms with Crippen molar-refractivity contribution in [2.45, 2.75) is 17.0 Å². The van der Waals surface area contributed by atoms with Gasteiger partial charge in [-0.3, -0.25) is 4.79 Å². The molecule has 0 N–H and O–H groups in total. The first-order valence-corrected chi connectivity index (χ1v) is 10.2. The molecule has 5 nitrogen and oxygen atoms in total. The van der Waals surface area contributed by atoms with E-state index in [4.69, 9.17) is 4.42 Å². The Balaban J connectivity index is 1.70. The second-order valence-electron chi connectivity index (χ2n) is 5.98. The maximum Gasteiger partial charge on any atom is 0.294 e. The number of nitrogens with zero attached hydrogens (tertiary/aromatic N) is 3. The van der Waals surface area contributed by atoms with Crippen molar-refractivity contribution in [3.63, 3.8) is 0 Å². The van der Waals surface area contributed by atoms with Crippen LogP contribution >= 0.6 is 23.1 Å². The number of rotatable bonds is 5. The van der Waals surface area contributed by atoms with Gasteiger partial charge in [0.1, 0.15) is 10.6 Å². The van der Waals surface area contributed by atoms with E-state index >= 15 is 0 Å². The number of aromatic nitrogens is 2. The van der Waals surface area contributed by atoms with Gasteiger partial charge in [-0.2, -0.15) is 0 Å². The van der Waals surface area contributed by atoms with Gasteiger partial charge in [-0.25, -0.2) is 0 Å². The van der Waals surface area contributed by atoms with E-state index in [9.17, 15) is 4.79 Å². The van der Waals surface area contributed by atoms with Crippen LogP contribution in [0.2, 0.25) is 0 Å². The zero-order chi connectivity index (χ0) is 18.8. The van der Waals surface area contributed by atoms with E-state index in [-0.39, 0.29) is 5.91 Å². The van der Waals surface area contributed by atoms with E-state index in [2.05, 4.69) is 10.2 Å². The molecule has 4 rings (SSSR count). The number of anilines is 1. The summed E-state index contributed by atoms with van der Waals surface area (Å²) in [6.07, 6.45) is 0. The van der Waals surface area contributed by atoms with Crippen molar-refractivity contribution < 1.29 is 9.21 Å². The number of hydrogen-bond acceptors (Lipinski definition) is 6. The van der Waals surface area contributed by atoms with E-state index in [1.807, 2.05) is 61.5 Å². The van der Waals surface area contributed by atoms with Crippen LogP contribution in [0.5, 0.6) is 0 Å². The summed E-state index contributed by atoms with van der Waals surface area (Å²) in [7, 11) is 1.76. The molecular weight excluding hydrogens is 378 g/mol. The lowest BCUT2D eigenvalue weighted by atomic mass is 10.1. The fourth-order valence-electron chi connectivity index (χ4n) is 2.81. The highest BCUT2D eigenvalue weighted by molar-refractivity contribution is 8.00. The number of fused-ring (bicyclic) bond motifs is 1. The molecule has 0 aliphatic carbocycles. The van der Waals surface area contributed by atoms with Crippen LogP contribution in [0.3, 0.4) is 0 Å². The Labute approximate surface area is 165 Å². The predicted octanol–water partition coefficient (Wildman–Crippen LogP) is 5.16. The highest BCUT2D eigenvalue weighted by Gasteiger charge is 2.24. The lowest BCUT2D eigenvalue weighted by molar-refractivity contribution is 0.0967. The Bertz CT molecular complexity index is 1090. The van der Waals surface area contributed by atoms with E-state index in [1.165, 1.54) is 0 Å². The third-order valence-corrected chi connectivity index (χ3v) is 6.19. The molecule has 27 heavy (non-hydrogen) atoms. The lowest BCUT2D eigenvalue weighted by Crippen LogP contribution is -2.26. The SMILES string of the molecule is Cc1nnc(SCc2c(C(=O)N(C)c3ccccc3)oc3ccccc23)s1. The number of furan rings is 1. The van der Waals surface area contributed by atoms with Crippen LogP contribution in [-0.4, -0.2) is 23.2 Å². The number of para-hydroxylation sites is 2. The van der Waals surface area contributed by atoms with E-state index < -0.39 is 0 Å². The molecule has 0 saturated heterocycles. The summed E-state index contributed by atoms with van der Waals surface area (Å²) in [5, 5.41) is 10.1. The van der Waals surface area contributed by atoms with Crippen LogP contribution in [-0.2, 0) is 5.75 Å². The molecule has 0 unspecified atom stereocenters. The summed E-state index contributed by atoms with van der Waals surface area (Å²) in [6, 6.07) is 17.3. The second kappa shape index (κ2) is 7.54. The summed E-state index contributed by atoms with van der Waals surface area (Å²) < 4.78 is 6.84. The zero-order valence-electron chi connectivity index (χ0n) is 14.9. The molecule has 0 fully saturated rings. The van der Waals surface area contributed by atoms with Crippen LogP contribution < -0.4 is 4.90 Å². The summed E-state index contributed by atoms with van der Waals surface area (Å²) in [5.41, 5.74) is 2.42. The van der Waals surface area contributed by atoms with Crippen LogP contribution in [0.1, 0.15) is 21.1 Å². The van der Waals surface area contributed by atoms with Gasteiger partial charge in [-0.05, 0) is 25.1 Å². The summed E-state index contributed by atoms with van der Waals surface area (Å²) in [5.74, 6) is 0.799. The summed E-state index contributed by atoms with van der Waals surface area (Å²) >= 11 is 3.11. The molecule has 136 valence electrons. The topological polar surface area (TPSA) is 59.2 Å². The third kappa shape index (κ3) is 3.61. The van der Waals surface area contributed by atoms with Crippen molar-refractivity contribution in [3.8, 4) is 0 Å². The van der Waals surface area contributed by atoms with Crippen LogP contribution in [0, 0.1) is 6.92 Å². The number of thioether (sulfide) groups is 1. The van der Waals surface area contributed by atoms with Crippen LogP contribution in [0.15, 0.2) is 63.4 Å². The van der Waals surface area contributed by atoms with E-state index in [1.54, 1.807) is 35.0 Å². The molecule has 7 heteroatoms. The smallest absolute Gasteiger partial charge is 0.294 e. The first-order valence-electron chi connectivity index (χ1n) is 8.40. The third-order valence-electron chi connectivity index (χ3n) is 4.19. The molecule has 2 aromatic heterocycles. The average Bonchev–Trinajstić information content (AvgIpc) is 3.29. The summed E-state index contributed by atoms with van der Waals surface area (Å²) in [6.45, 7) is 1.93. The maximum atomic E-state index is 13.1. The molecule has 0 spiro atoms. The molecule has 1 amide bonds. The lowest BCUT2D eigenvalue weighted by Gasteiger charge is -2.16. The molecule has 0 bridgehead atoms. The summed E-state index contributed by atoms with van der Waals surface area (Å²) in [4.78, 5) is 14.8. The molecule has 2 aromatic carbocycles. The minimum Gasteiger partial charge on any atom is -0.451 e. The molecule has 4 aromatic rings. The van der Waals surface area contributed by atoms with Crippen molar-refractivity contribution in [2.24, 2.45) is 0 Å². The minimum atomic E-state index is -0.165. The van der Waals surface area contributed by atoms with Gasteiger partial charge in [0.15, 0.2) is 10.1 Å². The maximum absolute atomic E-state index is 13.1. The standard InChI is InChI=1S/C20H17N3O2S2/c1-13-21-22-20(27-13)26-12-16-15-10-6-7-11-17(15)25-18(16)19(24)23(2)14-8-4-3-5-9-14/h3-11H,12H2,1-2H3. The number of carbonyl (C=O) groups is 1. The number of hydrogen-bond donors (Lipinski definition) is 0. The Kier molecular flexibility index (Phi) is 4.96. The highest BCUT2D eigenvalue weighted by Crippen LogP contribution is 2.34. The van der Waals surface area contributed by atoms with E-state index in [0.717, 1.165) is 26.0 Å². The van der Waals surface area contributed by atoms with Gasteiger partial charge in [0, 0.05) is 29.4 Å². The number of carbonyl (C=O) groups excluding carboxylic acids is 1. The van der Waals surface area contributed by atoms with Crippen molar-refractivity contribution in [2.75, 3.05) is 11.9 Å².